The molecule has 6 heteroatoms. The molecular weight excluding hydrogens is 268 g/mol. The molecule has 0 unspecified atom stereocenters. The standard InChI is InChI=1S/C15H12N4O2/c1-10-9-13(19-21-10)15(20)16-14-8-7-12(17-18-14)11-5-3-2-4-6-11/h2-9H,1H3,(H,16,18,20). The Morgan fingerprint density at radius 3 is 2.52 bits per heavy atom. The van der Waals surface area contributed by atoms with Crippen molar-refractivity contribution in [1.82, 2.24) is 15.4 Å². The molecule has 0 aliphatic rings. The van der Waals surface area contributed by atoms with Crippen LogP contribution in [0.5, 0.6) is 0 Å². The maximum atomic E-state index is 11.9. The number of benzene rings is 1. The minimum absolute atomic E-state index is 0.210. The lowest BCUT2D eigenvalue weighted by Gasteiger charge is -2.03. The number of aromatic nitrogens is 3. The van der Waals surface area contributed by atoms with Crippen LogP contribution in [0, 0.1) is 6.92 Å². The molecule has 2 aromatic heterocycles. The zero-order valence-corrected chi connectivity index (χ0v) is 11.3. The van der Waals surface area contributed by atoms with Gasteiger partial charge in [0, 0.05) is 11.6 Å². The second-order valence-corrected chi connectivity index (χ2v) is 4.45. The van der Waals surface area contributed by atoms with E-state index in [4.69, 9.17) is 4.52 Å². The number of hydrogen-bond donors (Lipinski definition) is 1. The second kappa shape index (κ2) is 5.54. The molecule has 0 saturated heterocycles. The predicted molar refractivity (Wildman–Crippen MR) is 76.7 cm³/mol. The molecule has 0 aliphatic carbocycles. The molecule has 0 spiro atoms. The average molecular weight is 280 g/mol. The summed E-state index contributed by atoms with van der Waals surface area (Å²) >= 11 is 0. The lowest BCUT2D eigenvalue weighted by molar-refractivity contribution is 0.101. The van der Waals surface area contributed by atoms with Gasteiger partial charge in [0.1, 0.15) is 5.76 Å². The van der Waals surface area contributed by atoms with Crippen molar-refractivity contribution in [3.05, 3.63) is 60.0 Å². The first kappa shape index (κ1) is 13.0. The summed E-state index contributed by atoms with van der Waals surface area (Å²) in [6, 6.07) is 14.7. The summed E-state index contributed by atoms with van der Waals surface area (Å²) in [4.78, 5) is 11.9. The number of nitrogens with zero attached hydrogens (tertiary/aromatic N) is 3. The van der Waals surface area contributed by atoms with Gasteiger partial charge < -0.3 is 9.84 Å². The fourth-order valence-electron chi connectivity index (χ4n) is 1.82. The van der Waals surface area contributed by atoms with E-state index >= 15 is 0 Å². The third-order valence-electron chi connectivity index (χ3n) is 2.84. The highest BCUT2D eigenvalue weighted by molar-refractivity contribution is 6.02. The number of carbonyl (C=O) groups is 1. The van der Waals surface area contributed by atoms with Gasteiger partial charge in [0.25, 0.3) is 5.91 Å². The number of aryl methyl sites for hydroxylation is 1. The van der Waals surface area contributed by atoms with Crippen molar-refractivity contribution in [3.8, 4) is 11.3 Å². The van der Waals surface area contributed by atoms with E-state index in [9.17, 15) is 4.79 Å². The van der Waals surface area contributed by atoms with Crippen LogP contribution in [0.1, 0.15) is 16.2 Å². The molecule has 1 aromatic carbocycles. The van der Waals surface area contributed by atoms with E-state index in [0.717, 1.165) is 11.3 Å². The molecule has 0 saturated carbocycles. The topological polar surface area (TPSA) is 80.9 Å². The van der Waals surface area contributed by atoms with Crippen molar-refractivity contribution in [2.24, 2.45) is 0 Å². The Hall–Kier alpha value is -3.02. The largest absolute Gasteiger partial charge is 0.361 e. The van der Waals surface area contributed by atoms with E-state index in [-0.39, 0.29) is 11.6 Å². The SMILES string of the molecule is Cc1cc(C(=O)Nc2ccc(-c3ccccc3)nn2)no1. The lowest BCUT2D eigenvalue weighted by Crippen LogP contribution is -2.13. The van der Waals surface area contributed by atoms with Crippen molar-refractivity contribution in [2.75, 3.05) is 5.32 Å². The van der Waals surface area contributed by atoms with Crippen molar-refractivity contribution in [1.29, 1.82) is 0 Å². The molecule has 0 fully saturated rings. The average Bonchev–Trinajstić information content (AvgIpc) is 2.96. The Bertz CT molecular complexity index is 751. The Balaban J connectivity index is 1.74. The molecule has 3 rings (SSSR count). The Labute approximate surface area is 120 Å². The van der Waals surface area contributed by atoms with Crippen LogP contribution in [0.4, 0.5) is 5.82 Å². The molecule has 0 radical (unpaired) electrons. The minimum Gasteiger partial charge on any atom is -0.361 e. The maximum absolute atomic E-state index is 11.9. The molecule has 21 heavy (non-hydrogen) atoms. The van der Waals surface area contributed by atoms with Gasteiger partial charge in [-0.15, -0.1) is 10.2 Å². The van der Waals surface area contributed by atoms with Gasteiger partial charge >= 0.3 is 0 Å². The molecule has 2 heterocycles. The zero-order valence-electron chi connectivity index (χ0n) is 11.3. The van der Waals surface area contributed by atoms with Crippen molar-refractivity contribution < 1.29 is 9.32 Å². The summed E-state index contributed by atoms with van der Waals surface area (Å²) in [7, 11) is 0. The number of amides is 1. The van der Waals surface area contributed by atoms with E-state index in [1.54, 1.807) is 25.1 Å². The molecule has 0 bridgehead atoms. The van der Waals surface area contributed by atoms with Gasteiger partial charge in [-0.1, -0.05) is 35.5 Å². The Morgan fingerprint density at radius 2 is 1.90 bits per heavy atom. The first-order valence-corrected chi connectivity index (χ1v) is 6.36. The fraction of sp³-hybridized carbons (Fsp3) is 0.0667. The van der Waals surface area contributed by atoms with Gasteiger partial charge in [0.05, 0.1) is 5.69 Å². The third-order valence-corrected chi connectivity index (χ3v) is 2.84. The van der Waals surface area contributed by atoms with Crippen molar-refractivity contribution >= 4 is 11.7 Å². The molecular formula is C15H12N4O2. The van der Waals surface area contributed by atoms with Crippen LogP contribution >= 0.6 is 0 Å². The summed E-state index contributed by atoms with van der Waals surface area (Å²) < 4.78 is 4.85. The maximum Gasteiger partial charge on any atom is 0.279 e. The first-order valence-electron chi connectivity index (χ1n) is 6.36. The minimum atomic E-state index is -0.381. The van der Waals surface area contributed by atoms with Gasteiger partial charge in [-0.05, 0) is 19.1 Å². The molecule has 0 atom stereocenters. The van der Waals surface area contributed by atoms with E-state index in [1.807, 2.05) is 30.3 Å². The highest BCUT2D eigenvalue weighted by Gasteiger charge is 2.12. The van der Waals surface area contributed by atoms with Gasteiger partial charge in [-0.25, -0.2) is 0 Å². The highest BCUT2D eigenvalue weighted by atomic mass is 16.5. The summed E-state index contributed by atoms with van der Waals surface area (Å²) in [5.41, 5.74) is 1.92. The van der Waals surface area contributed by atoms with Gasteiger partial charge in [0.2, 0.25) is 0 Å². The van der Waals surface area contributed by atoms with Crippen LogP contribution in [-0.2, 0) is 0 Å². The molecule has 6 nitrogen and oxygen atoms in total. The van der Waals surface area contributed by atoms with E-state index in [1.165, 1.54) is 0 Å². The van der Waals surface area contributed by atoms with Crippen LogP contribution in [0.15, 0.2) is 53.1 Å². The number of hydrogen-bond acceptors (Lipinski definition) is 5. The van der Waals surface area contributed by atoms with Crippen LogP contribution in [0.3, 0.4) is 0 Å². The van der Waals surface area contributed by atoms with Gasteiger partial charge in [-0.3, -0.25) is 4.79 Å². The van der Waals surface area contributed by atoms with Gasteiger partial charge in [0.15, 0.2) is 11.5 Å². The highest BCUT2D eigenvalue weighted by Crippen LogP contribution is 2.16. The normalized spacial score (nSPS) is 10.3. The summed E-state index contributed by atoms with van der Waals surface area (Å²) in [5, 5.41) is 14.3. The Morgan fingerprint density at radius 1 is 1.10 bits per heavy atom. The van der Waals surface area contributed by atoms with Crippen molar-refractivity contribution in [2.45, 2.75) is 6.92 Å². The molecule has 3 aromatic rings. The number of anilines is 1. The zero-order chi connectivity index (χ0) is 14.7. The van der Waals surface area contributed by atoms with Crippen LogP contribution < -0.4 is 5.32 Å². The molecule has 0 aliphatic heterocycles. The molecule has 104 valence electrons. The number of carbonyl (C=O) groups excluding carboxylic acids is 1. The van der Waals surface area contributed by atoms with Crippen LogP contribution in [0.2, 0.25) is 0 Å². The van der Waals surface area contributed by atoms with E-state index < -0.39 is 0 Å². The second-order valence-electron chi connectivity index (χ2n) is 4.45. The van der Waals surface area contributed by atoms with Gasteiger partial charge in [-0.2, -0.15) is 0 Å². The Kier molecular flexibility index (Phi) is 3.42. The van der Waals surface area contributed by atoms with Crippen LogP contribution in [0.25, 0.3) is 11.3 Å². The summed E-state index contributed by atoms with van der Waals surface area (Å²) in [6.45, 7) is 1.72. The van der Waals surface area contributed by atoms with E-state index in [2.05, 4.69) is 20.7 Å². The summed E-state index contributed by atoms with van der Waals surface area (Å²) in [5.74, 6) is 0.555. The quantitative estimate of drug-likeness (QED) is 0.797. The number of nitrogens with one attached hydrogen (secondary N) is 1. The lowest BCUT2D eigenvalue weighted by atomic mass is 10.1. The molecule has 1 N–H and O–H groups in total. The predicted octanol–water partition coefficient (Wildman–Crippen LogP) is 2.69. The number of rotatable bonds is 3. The summed E-state index contributed by atoms with van der Waals surface area (Å²) in [6.07, 6.45) is 0. The monoisotopic (exact) mass is 280 g/mol. The van der Waals surface area contributed by atoms with E-state index in [0.29, 0.717) is 11.6 Å². The van der Waals surface area contributed by atoms with Crippen LogP contribution in [-0.4, -0.2) is 21.3 Å². The first-order chi connectivity index (χ1) is 10.2. The fourth-order valence-corrected chi connectivity index (χ4v) is 1.82. The third kappa shape index (κ3) is 2.94. The molecule has 1 amide bonds. The smallest absolute Gasteiger partial charge is 0.279 e. The van der Waals surface area contributed by atoms with Crippen molar-refractivity contribution in [3.63, 3.8) is 0 Å².